The van der Waals surface area contributed by atoms with Crippen LogP contribution in [0, 0.1) is 0 Å². The predicted octanol–water partition coefficient (Wildman–Crippen LogP) is 2.04. The molecule has 2 rings (SSSR count). The van der Waals surface area contributed by atoms with Crippen LogP contribution in [-0.4, -0.2) is 34.2 Å². The van der Waals surface area contributed by atoms with Gasteiger partial charge in [-0.3, -0.25) is 4.79 Å². The molecule has 6 heteroatoms. The van der Waals surface area contributed by atoms with Gasteiger partial charge in [-0.2, -0.15) is 0 Å². The summed E-state index contributed by atoms with van der Waals surface area (Å²) >= 11 is 0. The average molecular weight is 273 g/mol. The van der Waals surface area contributed by atoms with Crippen LogP contribution in [-0.2, 0) is 4.79 Å². The summed E-state index contributed by atoms with van der Waals surface area (Å²) in [6, 6.07) is 9.08. The summed E-state index contributed by atoms with van der Waals surface area (Å²) in [6.07, 6.45) is 1.58. The van der Waals surface area contributed by atoms with Crippen LogP contribution in [0.3, 0.4) is 0 Å². The van der Waals surface area contributed by atoms with Gasteiger partial charge in [0.05, 0.1) is 12.2 Å². The van der Waals surface area contributed by atoms with E-state index >= 15 is 0 Å². The molecule has 104 valence electrons. The van der Waals surface area contributed by atoms with Gasteiger partial charge in [-0.05, 0) is 25.1 Å². The van der Waals surface area contributed by atoms with Crippen molar-refractivity contribution in [2.45, 2.75) is 6.92 Å². The SMILES string of the molecule is CCOc1ccccc1-c1nccc(NCC(=O)O)n1. The van der Waals surface area contributed by atoms with Crippen molar-refractivity contribution in [2.24, 2.45) is 0 Å². The highest BCUT2D eigenvalue weighted by Crippen LogP contribution is 2.27. The second kappa shape index (κ2) is 6.51. The molecule has 0 radical (unpaired) electrons. The zero-order valence-electron chi connectivity index (χ0n) is 11.0. The lowest BCUT2D eigenvalue weighted by Crippen LogP contribution is -2.13. The number of nitrogens with one attached hydrogen (secondary N) is 1. The highest BCUT2D eigenvalue weighted by atomic mass is 16.5. The van der Waals surface area contributed by atoms with Crippen molar-refractivity contribution >= 4 is 11.8 Å². The lowest BCUT2D eigenvalue weighted by molar-refractivity contribution is -0.134. The van der Waals surface area contributed by atoms with Crippen LogP contribution < -0.4 is 10.1 Å². The van der Waals surface area contributed by atoms with Crippen molar-refractivity contribution in [1.82, 2.24) is 9.97 Å². The Labute approximate surface area is 116 Å². The molecule has 0 atom stereocenters. The first kappa shape index (κ1) is 13.8. The highest BCUT2D eigenvalue weighted by molar-refractivity contribution is 5.72. The maximum Gasteiger partial charge on any atom is 0.322 e. The summed E-state index contributed by atoms with van der Waals surface area (Å²) in [5.41, 5.74) is 0.772. The van der Waals surface area contributed by atoms with E-state index < -0.39 is 5.97 Å². The number of aliphatic carboxylic acids is 1. The quantitative estimate of drug-likeness (QED) is 0.837. The Kier molecular flexibility index (Phi) is 4.49. The van der Waals surface area contributed by atoms with E-state index in [1.807, 2.05) is 31.2 Å². The fourth-order valence-electron chi connectivity index (χ4n) is 1.69. The molecule has 0 aliphatic heterocycles. The number of benzene rings is 1. The number of carboxylic acid groups (broad SMARTS) is 1. The Morgan fingerprint density at radius 3 is 2.90 bits per heavy atom. The van der Waals surface area contributed by atoms with Gasteiger partial charge in [0.2, 0.25) is 0 Å². The maximum absolute atomic E-state index is 10.5. The molecule has 0 unspecified atom stereocenters. The lowest BCUT2D eigenvalue weighted by atomic mass is 10.2. The first-order chi connectivity index (χ1) is 9.70. The number of rotatable bonds is 6. The molecule has 6 nitrogen and oxygen atoms in total. The molecule has 0 saturated carbocycles. The summed E-state index contributed by atoms with van der Waals surface area (Å²) < 4.78 is 5.53. The Bertz CT molecular complexity index is 602. The van der Waals surface area contributed by atoms with Crippen LogP contribution >= 0.6 is 0 Å². The average Bonchev–Trinajstić information content (AvgIpc) is 2.46. The van der Waals surface area contributed by atoms with Crippen LogP contribution in [0.5, 0.6) is 5.75 Å². The van der Waals surface area contributed by atoms with E-state index in [1.54, 1.807) is 12.3 Å². The van der Waals surface area contributed by atoms with E-state index in [1.165, 1.54) is 0 Å². The smallest absolute Gasteiger partial charge is 0.322 e. The Hall–Kier alpha value is -2.63. The zero-order valence-corrected chi connectivity index (χ0v) is 11.0. The van der Waals surface area contributed by atoms with Gasteiger partial charge in [0.1, 0.15) is 18.1 Å². The van der Waals surface area contributed by atoms with E-state index in [0.717, 1.165) is 5.56 Å². The molecule has 2 aromatic rings. The van der Waals surface area contributed by atoms with Gasteiger partial charge in [-0.1, -0.05) is 12.1 Å². The Morgan fingerprint density at radius 1 is 1.35 bits per heavy atom. The van der Waals surface area contributed by atoms with Crippen LogP contribution in [0.25, 0.3) is 11.4 Å². The van der Waals surface area contributed by atoms with E-state index in [-0.39, 0.29) is 6.54 Å². The minimum atomic E-state index is -0.945. The van der Waals surface area contributed by atoms with E-state index in [2.05, 4.69) is 15.3 Å². The summed E-state index contributed by atoms with van der Waals surface area (Å²) in [5, 5.41) is 11.4. The normalized spacial score (nSPS) is 10.1. The van der Waals surface area contributed by atoms with Crippen LogP contribution in [0.15, 0.2) is 36.5 Å². The number of para-hydroxylation sites is 1. The van der Waals surface area contributed by atoms with Gasteiger partial charge in [0.15, 0.2) is 5.82 Å². The van der Waals surface area contributed by atoms with Gasteiger partial charge < -0.3 is 15.2 Å². The highest BCUT2D eigenvalue weighted by Gasteiger charge is 2.09. The Morgan fingerprint density at radius 2 is 2.15 bits per heavy atom. The molecule has 0 aliphatic carbocycles. The molecule has 0 fully saturated rings. The minimum Gasteiger partial charge on any atom is -0.493 e. The van der Waals surface area contributed by atoms with Crippen molar-refractivity contribution in [2.75, 3.05) is 18.5 Å². The largest absolute Gasteiger partial charge is 0.493 e. The van der Waals surface area contributed by atoms with Gasteiger partial charge in [-0.15, -0.1) is 0 Å². The second-order valence-electron chi connectivity index (χ2n) is 3.94. The minimum absolute atomic E-state index is 0.191. The first-order valence-electron chi connectivity index (χ1n) is 6.21. The number of ether oxygens (including phenoxy) is 1. The van der Waals surface area contributed by atoms with Crippen molar-refractivity contribution < 1.29 is 14.6 Å². The molecule has 2 N–H and O–H groups in total. The van der Waals surface area contributed by atoms with Crippen molar-refractivity contribution in [3.05, 3.63) is 36.5 Å². The molecular formula is C14H15N3O3. The summed E-state index contributed by atoms with van der Waals surface area (Å²) in [6.45, 7) is 2.26. The van der Waals surface area contributed by atoms with Crippen LogP contribution in [0.1, 0.15) is 6.92 Å². The fourth-order valence-corrected chi connectivity index (χ4v) is 1.69. The number of nitrogens with zero attached hydrogens (tertiary/aromatic N) is 2. The van der Waals surface area contributed by atoms with Gasteiger partial charge in [-0.25, -0.2) is 9.97 Å². The Balaban J connectivity index is 2.28. The maximum atomic E-state index is 10.5. The molecular weight excluding hydrogens is 258 g/mol. The van der Waals surface area contributed by atoms with Crippen LogP contribution in [0.2, 0.25) is 0 Å². The number of carboxylic acids is 1. The van der Waals surface area contributed by atoms with Gasteiger partial charge >= 0.3 is 5.97 Å². The third-order valence-corrected chi connectivity index (χ3v) is 2.50. The third kappa shape index (κ3) is 3.44. The van der Waals surface area contributed by atoms with E-state index in [0.29, 0.717) is 24.0 Å². The monoisotopic (exact) mass is 273 g/mol. The molecule has 1 aromatic heterocycles. The number of anilines is 1. The topological polar surface area (TPSA) is 84.3 Å². The van der Waals surface area contributed by atoms with Crippen molar-refractivity contribution in [3.8, 4) is 17.1 Å². The summed E-state index contributed by atoms with van der Waals surface area (Å²) in [7, 11) is 0. The molecule has 1 aromatic carbocycles. The molecule has 0 aliphatic rings. The molecule has 0 amide bonds. The van der Waals surface area contributed by atoms with Gasteiger partial charge in [0, 0.05) is 6.20 Å². The summed E-state index contributed by atoms with van der Waals surface area (Å²) in [5.74, 6) is 0.707. The van der Waals surface area contributed by atoms with Crippen molar-refractivity contribution in [3.63, 3.8) is 0 Å². The molecule has 0 bridgehead atoms. The predicted molar refractivity (Wildman–Crippen MR) is 74.8 cm³/mol. The number of aromatic nitrogens is 2. The third-order valence-electron chi connectivity index (χ3n) is 2.50. The molecule has 0 spiro atoms. The van der Waals surface area contributed by atoms with E-state index in [9.17, 15) is 4.79 Å². The van der Waals surface area contributed by atoms with Gasteiger partial charge in [0.25, 0.3) is 0 Å². The first-order valence-corrected chi connectivity index (χ1v) is 6.21. The van der Waals surface area contributed by atoms with Crippen molar-refractivity contribution in [1.29, 1.82) is 0 Å². The number of carbonyl (C=O) groups is 1. The zero-order chi connectivity index (χ0) is 14.4. The molecule has 0 saturated heterocycles. The second-order valence-corrected chi connectivity index (χ2v) is 3.94. The van der Waals surface area contributed by atoms with E-state index in [4.69, 9.17) is 9.84 Å². The fraction of sp³-hybridized carbons (Fsp3) is 0.214. The number of hydrogen-bond donors (Lipinski definition) is 2. The lowest BCUT2D eigenvalue weighted by Gasteiger charge is -2.09. The molecule has 20 heavy (non-hydrogen) atoms. The number of hydrogen-bond acceptors (Lipinski definition) is 5. The standard InChI is InChI=1S/C14H15N3O3/c1-2-20-11-6-4-3-5-10(11)14-15-8-7-12(17-14)16-9-13(18)19/h3-8H,2,9H2,1H3,(H,18,19)(H,15,16,17). The molecule has 1 heterocycles. The van der Waals surface area contributed by atoms with Crippen LogP contribution in [0.4, 0.5) is 5.82 Å². The summed E-state index contributed by atoms with van der Waals surface area (Å²) in [4.78, 5) is 19.0.